The molecule has 0 saturated heterocycles. The maximum atomic E-state index is 13.2. The molecule has 0 bridgehead atoms. The maximum absolute atomic E-state index is 13.2. The van der Waals surface area contributed by atoms with Gasteiger partial charge in [-0.2, -0.15) is 0 Å². The summed E-state index contributed by atoms with van der Waals surface area (Å²) in [5.74, 6) is 5.60. The fraction of sp³-hybridized carbons (Fsp3) is 0.304. The number of para-hydroxylation sites is 2. The van der Waals surface area contributed by atoms with E-state index in [-0.39, 0.29) is 0 Å². The lowest BCUT2D eigenvalue weighted by Gasteiger charge is -2.22. The van der Waals surface area contributed by atoms with Crippen LogP contribution in [0.4, 0.5) is 4.79 Å². The number of hydrogen-bond donors (Lipinski definition) is 0. The predicted molar refractivity (Wildman–Crippen MR) is 374 cm³/mol. The van der Waals surface area contributed by atoms with Gasteiger partial charge in [-0.15, -0.1) is 0 Å². The number of methoxy groups -OCH3 is 2. The molecule has 0 saturated carbocycles. The molecule has 0 atom stereocenters. The highest BCUT2D eigenvalue weighted by atomic mass is 79.9. The van der Waals surface area contributed by atoms with Gasteiger partial charge in [0.05, 0.1) is 50.8 Å². The number of aryl methyl sites for hydroxylation is 2. The normalized spacial score (nSPS) is 10.9. The van der Waals surface area contributed by atoms with E-state index >= 15 is 0 Å². The Morgan fingerprint density at radius 1 is 0.432 bits per heavy atom. The zero-order chi connectivity index (χ0) is 67.5. The molecule has 0 aliphatic rings. The van der Waals surface area contributed by atoms with Crippen molar-refractivity contribution in [2.75, 3.05) is 40.6 Å². The summed E-state index contributed by atoms with van der Waals surface area (Å²) in [7, 11) is 2.71. The van der Waals surface area contributed by atoms with Crippen LogP contribution in [0.15, 0.2) is 193 Å². The molecule has 0 aliphatic carbocycles. The second-order valence-corrected chi connectivity index (χ2v) is 23.9. The summed E-state index contributed by atoms with van der Waals surface area (Å²) in [6.07, 6.45) is 7.40. The van der Waals surface area contributed by atoms with E-state index in [9.17, 15) is 14.4 Å². The number of ether oxygens (including phenoxy) is 11. The first-order valence-corrected chi connectivity index (χ1v) is 33.1. The summed E-state index contributed by atoms with van der Waals surface area (Å²) < 4.78 is 68.0. The number of halogens is 1. The molecule has 0 spiro atoms. The van der Waals surface area contributed by atoms with Crippen molar-refractivity contribution in [2.45, 2.75) is 119 Å². The Bertz CT molecular complexity index is 3930. The molecule has 9 aromatic rings. The molecule has 95 heavy (non-hydrogen) atoms. The van der Waals surface area contributed by atoms with Gasteiger partial charge in [0, 0.05) is 47.9 Å². The molecule has 1 aromatic heterocycles. The minimum Gasteiger partial charge on any atom is -0.493 e. The third kappa shape index (κ3) is 20.4. The number of aromatic nitrogens is 1. The number of esters is 2. The summed E-state index contributed by atoms with van der Waals surface area (Å²) >= 11 is 3.64. The fourth-order valence-corrected chi connectivity index (χ4v) is 10.8. The van der Waals surface area contributed by atoms with Crippen LogP contribution >= 0.6 is 15.9 Å². The number of hydrogen-bond acceptors (Lipinski definition) is 14. The smallest absolute Gasteiger partial charge is 0.418 e. The van der Waals surface area contributed by atoms with E-state index in [1.807, 2.05) is 160 Å². The fourth-order valence-electron chi connectivity index (χ4n) is 10.3. The maximum Gasteiger partial charge on any atom is 0.418 e. The average molecular weight is 1350 g/mol. The Labute approximate surface area is 567 Å². The van der Waals surface area contributed by atoms with E-state index in [0.717, 1.165) is 98.5 Å². The molecule has 0 unspecified atom stereocenters. The zero-order valence-corrected chi connectivity index (χ0v) is 57.4. The molecule has 8 aromatic carbocycles. The van der Waals surface area contributed by atoms with Gasteiger partial charge in [0.25, 0.3) is 0 Å². The minimum absolute atomic E-state index is 0.344. The standard InChI is InChI=1S/C44H49NO8.C35H37BrO6/c1-7-17-33-37(23-14-24-38(33)52-39-22-13-12-20-34(39)42(46)48-6)49-26-16-27-50-40-29-41(51-30-31-18-10-9-11-19-31)35(28-32(40)8-2)36-21-15-25-45(36)43(47)53-44(3,4)5;1-4-13-27-30(18-11-19-31(27)42-32-17-10-9-16-28(32)35(37)38-3)39-20-12-21-40-33-23-34(29(36)22-26(33)5-2)41-24-25-14-7-6-8-15-25/h9-15,18-25,28-29H,7-8,16-17,26-27,30H2,1-6H3;6-11,14-19,22-23H,4-5,12-13,20-21,24H2,1-3H3. The van der Waals surface area contributed by atoms with Crippen LogP contribution in [0.5, 0.6) is 57.5 Å². The molecule has 9 rings (SSSR count). The highest BCUT2D eigenvalue weighted by Crippen LogP contribution is 2.41. The van der Waals surface area contributed by atoms with Crippen molar-refractivity contribution in [3.8, 4) is 68.8 Å². The quantitative estimate of drug-likeness (QED) is 0.0230. The molecule has 1 heterocycles. The van der Waals surface area contributed by atoms with Crippen LogP contribution in [0.1, 0.15) is 128 Å². The lowest BCUT2D eigenvalue weighted by molar-refractivity contribution is 0.0537. The Hall–Kier alpha value is -9.67. The first-order chi connectivity index (χ1) is 46.1. The molecule has 0 aliphatic heterocycles. The number of benzene rings is 8. The van der Waals surface area contributed by atoms with Crippen molar-refractivity contribution in [1.82, 2.24) is 4.57 Å². The van der Waals surface area contributed by atoms with Crippen LogP contribution in [0.25, 0.3) is 11.3 Å². The van der Waals surface area contributed by atoms with E-state index in [4.69, 9.17) is 52.1 Å². The molecular weight excluding hydrogens is 1270 g/mol. The topological polar surface area (TPSA) is 158 Å². The van der Waals surface area contributed by atoms with Crippen molar-refractivity contribution in [2.24, 2.45) is 0 Å². The molecule has 0 amide bonds. The Balaban J connectivity index is 0.000000250. The van der Waals surface area contributed by atoms with Crippen molar-refractivity contribution < 1.29 is 66.5 Å². The molecule has 15 nitrogen and oxygen atoms in total. The predicted octanol–water partition coefficient (Wildman–Crippen LogP) is 19.4. The number of carbonyl (C=O) groups excluding carboxylic acids is 3. The lowest BCUT2D eigenvalue weighted by atomic mass is 10.0. The van der Waals surface area contributed by atoms with Gasteiger partial charge in [0.1, 0.15) is 87.4 Å². The van der Waals surface area contributed by atoms with Crippen LogP contribution < -0.4 is 37.9 Å². The average Bonchev–Trinajstić information content (AvgIpc) is 1.79. The third-order valence-electron chi connectivity index (χ3n) is 14.9. The number of nitrogens with zero attached hydrogens (tertiary/aromatic N) is 1. The second-order valence-electron chi connectivity index (χ2n) is 23.1. The number of rotatable bonds is 31. The van der Waals surface area contributed by atoms with Gasteiger partial charge in [-0.25, -0.2) is 14.4 Å². The van der Waals surface area contributed by atoms with Gasteiger partial charge in [0.2, 0.25) is 0 Å². The van der Waals surface area contributed by atoms with Crippen molar-refractivity contribution >= 4 is 34.0 Å². The van der Waals surface area contributed by atoms with Crippen LogP contribution in [0.2, 0.25) is 0 Å². The van der Waals surface area contributed by atoms with Crippen LogP contribution in [0, 0.1) is 0 Å². The summed E-state index contributed by atoms with van der Waals surface area (Å²) in [6, 6.07) is 57.2. The highest BCUT2D eigenvalue weighted by Gasteiger charge is 2.24. The van der Waals surface area contributed by atoms with E-state index in [0.29, 0.717) is 110 Å². The van der Waals surface area contributed by atoms with Crippen molar-refractivity contribution in [3.05, 3.63) is 237 Å². The summed E-state index contributed by atoms with van der Waals surface area (Å²) in [5, 5.41) is 0. The Morgan fingerprint density at radius 3 is 1.32 bits per heavy atom. The Kier molecular flexibility index (Phi) is 27.1. The summed E-state index contributed by atoms with van der Waals surface area (Å²) in [4.78, 5) is 37.8. The molecule has 16 heteroatoms. The van der Waals surface area contributed by atoms with E-state index in [2.05, 4.69) is 49.7 Å². The lowest BCUT2D eigenvalue weighted by Crippen LogP contribution is -2.27. The van der Waals surface area contributed by atoms with E-state index in [1.165, 1.54) is 18.8 Å². The zero-order valence-electron chi connectivity index (χ0n) is 55.8. The Morgan fingerprint density at radius 2 is 0.853 bits per heavy atom. The third-order valence-corrected chi connectivity index (χ3v) is 15.6. The van der Waals surface area contributed by atoms with Gasteiger partial charge in [-0.05, 0) is 157 Å². The molecular formula is C79H86BrNO14. The van der Waals surface area contributed by atoms with Gasteiger partial charge in [-0.3, -0.25) is 4.57 Å². The van der Waals surface area contributed by atoms with Crippen molar-refractivity contribution in [1.29, 1.82) is 0 Å². The van der Waals surface area contributed by atoms with Crippen LogP contribution in [0.3, 0.4) is 0 Å². The van der Waals surface area contributed by atoms with Gasteiger partial charge < -0.3 is 52.1 Å². The molecule has 0 fully saturated rings. The summed E-state index contributed by atoms with van der Waals surface area (Å²) in [5.41, 5.74) is 7.61. The molecule has 498 valence electrons. The van der Waals surface area contributed by atoms with Crippen molar-refractivity contribution in [3.63, 3.8) is 0 Å². The number of carbonyl (C=O) groups is 3. The first kappa shape index (κ1) is 71.2. The van der Waals surface area contributed by atoms with Gasteiger partial charge in [0.15, 0.2) is 0 Å². The van der Waals surface area contributed by atoms with Crippen LogP contribution in [-0.4, -0.2) is 68.8 Å². The first-order valence-electron chi connectivity index (χ1n) is 32.3. The van der Waals surface area contributed by atoms with E-state index < -0.39 is 23.6 Å². The molecule has 0 N–H and O–H groups in total. The molecule has 0 radical (unpaired) electrons. The highest BCUT2D eigenvalue weighted by molar-refractivity contribution is 9.10. The van der Waals surface area contributed by atoms with Crippen LogP contribution in [-0.2, 0) is 53.1 Å². The monoisotopic (exact) mass is 1350 g/mol. The summed E-state index contributed by atoms with van der Waals surface area (Å²) in [6.45, 7) is 16.6. The minimum atomic E-state index is -0.645. The largest absolute Gasteiger partial charge is 0.493 e. The second kappa shape index (κ2) is 36.1. The van der Waals surface area contributed by atoms with Gasteiger partial charge in [-0.1, -0.05) is 138 Å². The SMILES string of the molecule is CCCc1c(OCCCOc2cc(OCc3ccccc3)c(-c3cccn3C(=O)OC(C)(C)C)cc2CC)cccc1Oc1ccccc1C(=O)OC.CCCc1c(OCCCOc2cc(OCc3ccccc3)c(Br)cc2CC)cccc1Oc1ccccc1C(=O)OC. The van der Waals surface area contributed by atoms with E-state index in [1.54, 1.807) is 42.6 Å². The van der Waals surface area contributed by atoms with Gasteiger partial charge >= 0.3 is 18.0 Å².